The van der Waals surface area contributed by atoms with Crippen molar-refractivity contribution in [1.29, 1.82) is 0 Å². The summed E-state index contributed by atoms with van der Waals surface area (Å²) in [6.45, 7) is 2.86. The highest BCUT2D eigenvalue weighted by molar-refractivity contribution is 6.31. The molecule has 0 bridgehead atoms. The SMILES string of the molecule is O=C(CC1(COc2cccc(Cl)c2)CCN(C(=O)c2cccc(Cl)c2)CC1)N1CCc2ccccc2C1. The number of fused-ring (bicyclic) bond motifs is 1. The molecule has 0 saturated carbocycles. The highest BCUT2D eigenvalue weighted by atomic mass is 35.5. The highest BCUT2D eigenvalue weighted by Crippen LogP contribution is 2.38. The molecule has 0 N–H and O–H groups in total. The van der Waals surface area contributed by atoms with Gasteiger partial charge >= 0.3 is 0 Å². The lowest BCUT2D eigenvalue weighted by atomic mass is 9.75. The zero-order valence-corrected chi connectivity index (χ0v) is 22.2. The van der Waals surface area contributed by atoms with Crippen LogP contribution in [0.1, 0.15) is 40.7 Å². The first kappa shape index (κ1) is 25.6. The molecule has 0 atom stereocenters. The number of piperidine rings is 1. The fraction of sp³-hybridized carbons (Fsp3) is 0.333. The normalized spacial score (nSPS) is 16.7. The van der Waals surface area contributed by atoms with Crippen molar-refractivity contribution in [3.63, 3.8) is 0 Å². The van der Waals surface area contributed by atoms with Gasteiger partial charge in [0.15, 0.2) is 0 Å². The number of benzene rings is 3. The van der Waals surface area contributed by atoms with Crippen LogP contribution in [0.4, 0.5) is 0 Å². The Morgan fingerprint density at radius 3 is 2.24 bits per heavy atom. The average Bonchev–Trinajstić information content (AvgIpc) is 2.92. The van der Waals surface area contributed by atoms with Gasteiger partial charge in [0.1, 0.15) is 5.75 Å². The summed E-state index contributed by atoms with van der Waals surface area (Å²) >= 11 is 12.3. The standard InChI is InChI=1S/C30H30Cl2N2O3/c31-25-8-3-7-23(17-25)29(36)33-15-12-30(13-16-33,21-37-27-10-4-9-26(32)18-27)19-28(35)34-14-11-22-5-1-2-6-24(22)20-34/h1-10,17-18H,11-16,19-21H2. The molecule has 5 rings (SSSR count). The molecule has 0 aliphatic carbocycles. The van der Waals surface area contributed by atoms with Crippen molar-refractivity contribution >= 4 is 35.0 Å². The molecule has 1 saturated heterocycles. The van der Waals surface area contributed by atoms with Crippen LogP contribution in [0.15, 0.2) is 72.8 Å². The topological polar surface area (TPSA) is 49.9 Å². The predicted octanol–water partition coefficient (Wildman–Crippen LogP) is 6.27. The number of likely N-dealkylation sites (tertiary alicyclic amines) is 1. The monoisotopic (exact) mass is 536 g/mol. The van der Waals surface area contributed by atoms with E-state index in [1.807, 2.05) is 34.1 Å². The zero-order chi connectivity index (χ0) is 25.8. The van der Waals surface area contributed by atoms with E-state index in [4.69, 9.17) is 27.9 Å². The van der Waals surface area contributed by atoms with Crippen molar-refractivity contribution in [2.45, 2.75) is 32.2 Å². The second-order valence-corrected chi connectivity index (χ2v) is 10.9. The zero-order valence-electron chi connectivity index (χ0n) is 20.7. The van der Waals surface area contributed by atoms with Crippen LogP contribution in [0.5, 0.6) is 5.75 Å². The van der Waals surface area contributed by atoms with Gasteiger partial charge in [0.05, 0.1) is 6.61 Å². The molecule has 0 aromatic heterocycles. The minimum Gasteiger partial charge on any atom is -0.493 e. The minimum atomic E-state index is -0.374. The van der Waals surface area contributed by atoms with Crippen molar-refractivity contribution in [1.82, 2.24) is 9.80 Å². The Balaban J connectivity index is 1.30. The summed E-state index contributed by atoms with van der Waals surface area (Å²) in [7, 11) is 0. The lowest BCUT2D eigenvalue weighted by Gasteiger charge is -2.42. The summed E-state index contributed by atoms with van der Waals surface area (Å²) in [6.07, 6.45) is 2.61. The Bertz CT molecular complexity index is 1290. The quantitative estimate of drug-likeness (QED) is 0.373. The van der Waals surface area contributed by atoms with Crippen LogP contribution in [0, 0.1) is 5.41 Å². The molecule has 2 aliphatic heterocycles. The molecule has 5 nitrogen and oxygen atoms in total. The van der Waals surface area contributed by atoms with Crippen LogP contribution in [-0.4, -0.2) is 47.9 Å². The van der Waals surface area contributed by atoms with Crippen LogP contribution in [0.25, 0.3) is 0 Å². The van der Waals surface area contributed by atoms with Crippen LogP contribution in [0.2, 0.25) is 10.0 Å². The van der Waals surface area contributed by atoms with Crippen molar-refractivity contribution in [3.05, 3.63) is 99.5 Å². The molecule has 2 amide bonds. The van der Waals surface area contributed by atoms with Gasteiger partial charge < -0.3 is 14.5 Å². The number of hydrogen-bond acceptors (Lipinski definition) is 3. The maximum atomic E-state index is 13.6. The maximum Gasteiger partial charge on any atom is 0.253 e. The lowest BCUT2D eigenvalue weighted by molar-refractivity contribution is -0.136. The Kier molecular flexibility index (Phi) is 7.73. The first-order valence-corrected chi connectivity index (χ1v) is 13.4. The minimum absolute atomic E-state index is 0.0363. The van der Waals surface area contributed by atoms with Crippen LogP contribution in [0.3, 0.4) is 0 Å². The van der Waals surface area contributed by atoms with Crippen LogP contribution >= 0.6 is 23.2 Å². The van der Waals surface area contributed by atoms with Gasteiger partial charge in [0.2, 0.25) is 5.91 Å². The Hall–Kier alpha value is -3.02. The third-order valence-corrected chi connectivity index (χ3v) is 8.00. The summed E-state index contributed by atoms with van der Waals surface area (Å²) in [5, 5.41) is 1.15. The smallest absolute Gasteiger partial charge is 0.253 e. The van der Waals surface area contributed by atoms with E-state index < -0.39 is 0 Å². The number of carbonyl (C=O) groups is 2. The van der Waals surface area contributed by atoms with Gasteiger partial charge in [0.25, 0.3) is 5.91 Å². The third kappa shape index (κ3) is 6.11. The van der Waals surface area contributed by atoms with E-state index in [1.165, 1.54) is 11.1 Å². The molecule has 2 aliphatic rings. The van der Waals surface area contributed by atoms with Crippen molar-refractivity contribution < 1.29 is 14.3 Å². The van der Waals surface area contributed by atoms with E-state index in [-0.39, 0.29) is 17.2 Å². The molecular formula is C30H30Cl2N2O3. The fourth-order valence-electron chi connectivity index (χ4n) is 5.29. The van der Waals surface area contributed by atoms with Gasteiger partial charge in [-0.25, -0.2) is 0 Å². The first-order chi connectivity index (χ1) is 17.9. The molecular weight excluding hydrogens is 507 g/mol. The van der Waals surface area contributed by atoms with E-state index in [2.05, 4.69) is 18.2 Å². The number of rotatable bonds is 6. The number of amides is 2. The second-order valence-electron chi connectivity index (χ2n) is 10.1. The van der Waals surface area contributed by atoms with Crippen LogP contribution < -0.4 is 4.74 Å². The number of ether oxygens (including phenoxy) is 1. The predicted molar refractivity (Wildman–Crippen MR) is 146 cm³/mol. The van der Waals surface area contributed by atoms with Crippen molar-refractivity contribution in [3.8, 4) is 5.75 Å². The molecule has 7 heteroatoms. The van der Waals surface area contributed by atoms with Crippen LogP contribution in [-0.2, 0) is 17.8 Å². The summed E-state index contributed by atoms with van der Waals surface area (Å²) in [4.78, 5) is 30.5. The van der Waals surface area contributed by atoms with Gasteiger partial charge in [0, 0.05) is 53.6 Å². The Morgan fingerprint density at radius 1 is 0.811 bits per heavy atom. The number of nitrogens with zero attached hydrogens (tertiary/aromatic N) is 2. The van der Waals surface area contributed by atoms with Gasteiger partial charge in [-0.1, -0.05) is 59.6 Å². The molecule has 3 aromatic rings. The van der Waals surface area contributed by atoms with Gasteiger partial charge in [-0.15, -0.1) is 0 Å². The maximum absolute atomic E-state index is 13.6. The van der Waals surface area contributed by atoms with Crippen molar-refractivity contribution in [2.75, 3.05) is 26.2 Å². The lowest BCUT2D eigenvalue weighted by Crippen LogP contribution is -2.48. The largest absolute Gasteiger partial charge is 0.493 e. The third-order valence-electron chi connectivity index (χ3n) is 7.53. The molecule has 3 aromatic carbocycles. The number of hydrogen-bond donors (Lipinski definition) is 0. The molecule has 1 fully saturated rings. The van der Waals surface area contributed by atoms with Gasteiger partial charge in [-0.3, -0.25) is 9.59 Å². The number of carbonyl (C=O) groups excluding carboxylic acids is 2. The fourth-order valence-corrected chi connectivity index (χ4v) is 5.67. The summed E-state index contributed by atoms with van der Waals surface area (Å²) < 4.78 is 6.19. The Labute approximate surface area is 227 Å². The van der Waals surface area contributed by atoms with Crippen molar-refractivity contribution in [2.24, 2.45) is 5.41 Å². The molecule has 0 spiro atoms. The number of halogens is 2. The first-order valence-electron chi connectivity index (χ1n) is 12.7. The summed E-state index contributed by atoms with van der Waals surface area (Å²) in [5.41, 5.74) is 2.74. The molecule has 192 valence electrons. The van der Waals surface area contributed by atoms with E-state index >= 15 is 0 Å². The van der Waals surface area contributed by atoms with Gasteiger partial charge in [-0.05, 0) is 66.8 Å². The Morgan fingerprint density at radius 2 is 1.51 bits per heavy atom. The molecule has 2 heterocycles. The molecule has 0 unspecified atom stereocenters. The molecule has 37 heavy (non-hydrogen) atoms. The summed E-state index contributed by atoms with van der Waals surface area (Å²) in [6, 6.07) is 22.7. The van der Waals surface area contributed by atoms with E-state index in [0.29, 0.717) is 66.9 Å². The van der Waals surface area contributed by atoms with E-state index in [9.17, 15) is 9.59 Å². The summed E-state index contributed by atoms with van der Waals surface area (Å²) in [5.74, 6) is 0.785. The van der Waals surface area contributed by atoms with Gasteiger partial charge in [-0.2, -0.15) is 0 Å². The van der Waals surface area contributed by atoms with E-state index in [1.54, 1.807) is 30.3 Å². The average molecular weight is 537 g/mol. The van der Waals surface area contributed by atoms with E-state index in [0.717, 1.165) is 13.0 Å². The highest BCUT2D eigenvalue weighted by Gasteiger charge is 2.40. The second kappa shape index (κ2) is 11.2. The molecule has 0 radical (unpaired) electrons.